The van der Waals surface area contributed by atoms with Crippen molar-refractivity contribution in [3.05, 3.63) is 29.3 Å². The first-order valence-corrected chi connectivity index (χ1v) is 5.89. The van der Waals surface area contributed by atoms with Crippen molar-refractivity contribution in [1.29, 1.82) is 0 Å². The molecule has 1 atom stereocenters. The van der Waals surface area contributed by atoms with E-state index in [1.54, 1.807) is 23.1 Å². The fourth-order valence-electron chi connectivity index (χ4n) is 1.86. The largest absolute Gasteiger partial charge is 0.449 e. The Balaban J connectivity index is 2.15. The molecule has 0 saturated carbocycles. The number of hydrogen-bond donors (Lipinski definition) is 1. The highest BCUT2D eigenvalue weighted by atomic mass is 35.5. The maximum atomic E-state index is 11.7. The van der Waals surface area contributed by atoms with Gasteiger partial charge in [-0.3, -0.25) is 4.90 Å². The minimum Gasteiger partial charge on any atom is -0.449 e. The molecule has 0 aliphatic carbocycles. The molecule has 1 saturated heterocycles. The lowest BCUT2D eigenvalue weighted by Crippen LogP contribution is -2.43. The molecule has 92 valence electrons. The third-order valence-corrected chi connectivity index (χ3v) is 3.00. The second-order valence-electron chi connectivity index (χ2n) is 4.05. The zero-order valence-corrected chi connectivity index (χ0v) is 10.1. The Labute approximate surface area is 105 Å². The number of aliphatic hydroxyl groups is 1. The molecule has 5 heteroatoms. The third-order valence-electron chi connectivity index (χ3n) is 2.76. The van der Waals surface area contributed by atoms with Gasteiger partial charge in [0.15, 0.2) is 0 Å². The second kappa shape index (κ2) is 5.38. The summed E-state index contributed by atoms with van der Waals surface area (Å²) in [5.74, 6) is 0.164. The van der Waals surface area contributed by atoms with Crippen LogP contribution in [-0.2, 0) is 4.74 Å². The van der Waals surface area contributed by atoms with Crippen LogP contribution in [-0.4, -0.2) is 31.0 Å². The summed E-state index contributed by atoms with van der Waals surface area (Å²) in [5.41, 5.74) is 0.727. The zero-order chi connectivity index (χ0) is 12.3. The van der Waals surface area contributed by atoms with Crippen LogP contribution in [0.15, 0.2) is 24.3 Å². The standard InChI is InChI=1S/C12H14ClNO3/c13-10-2-1-3-11(6-10)14-7-9(4-5-15)8-17-12(14)16/h1-3,6,9,15H,4-5,7-8H2. The number of benzene rings is 1. The van der Waals surface area contributed by atoms with Gasteiger partial charge in [-0.15, -0.1) is 0 Å². The van der Waals surface area contributed by atoms with Gasteiger partial charge in [0.25, 0.3) is 0 Å². The first kappa shape index (κ1) is 12.2. The number of hydrogen-bond acceptors (Lipinski definition) is 3. The number of aliphatic hydroxyl groups excluding tert-OH is 1. The molecule has 1 aliphatic rings. The third kappa shape index (κ3) is 2.90. The van der Waals surface area contributed by atoms with Crippen molar-refractivity contribution in [2.45, 2.75) is 6.42 Å². The Morgan fingerprint density at radius 2 is 2.35 bits per heavy atom. The van der Waals surface area contributed by atoms with E-state index < -0.39 is 0 Å². The molecular weight excluding hydrogens is 242 g/mol. The molecule has 17 heavy (non-hydrogen) atoms. The number of amides is 1. The first-order chi connectivity index (χ1) is 8.20. The minimum atomic E-state index is -0.360. The molecule has 1 aromatic rings. The van der Waals surface area contributed by atoms with E-state index in [1.165, 1.54) is 0 Å². The molecule has 0 spiro atoms. The lowest BCUT2D eigenvalue weighted by molar-refractivity contribution is 0.104. The smallest absolute Gasteiger partial charge is 0.414 e. The van der Waals surface area contributed by atoms with E-state index in [2.05, 4.69) is 0 Å². The van der Waals surface area contributed by atoms with Crippen LogP contribution in [0.5, 0.6) is 0 Å². The van der Waals surface area contributed by atoms with Crippen LogP contribution in [0.3, 0.4) is 0 Å². The van der Waals surface area contributed by atoms with Crippen molar-refractivity contribution < 1.29 is 14.6 Å². The number of nitrogens with zero attached hydrogens (tertiary/aromatic N) is 1. The Morgan fingerprint density at radius 3 is 3.06 bits per heavy atom. The molecule has 1 heterocycles. The number of anilines is 1. The van der Waals surface area contributed by atoms with E-state index in [-0.39, 0.29) is 18.6 Å². The van der Waals surface area contributed by atoms with Gasteiger partial charge >= 0.3 is 6.09 Å². The van der Waals surface area contributed by atoms with Gasteiger partial charge in [-0.2, -0.15) is 0 Å². The summed E-state index contributed by atoms with van der Waals surface area (Å²) in [6.45, 7) is 1.03. The number of rotatable bonds is 3. The van der Waals surface area contributed by atoms with E-state index in [0.29, 0.717) is 24.6 Å². The molecule has 0 aromatic heterocycles. The summed E-state index contributed by atoms with van der Waals surface area (Å²) < 4.78 is 5.08. The van der Waals surface area contributed by atoms with E-state index in [0.717, 1.165) is 5.69 Å². The van der Waals surface area contributed by atoms with Crippen molar-refractivity contribution in [2.75, 3.05) is 24.7 Å². The van der Waals surface area contributed by atoms with Gasteiger partial charge in [0.1, 0.15) is 0 Å². The molecule has 0 bridgehead atoms. The maximum Gasteiger partial charge on any atom is 0.414 e. The predicted octanol–water partition coefficient (Wildman–Crippen LogP) is 2.30. The van der Waals surface area contributed by atoms with E-state index in [9.17, 15) is 4.79 Å². The lowest BCUT2D eigenvalue weighted by Gasteiger charge is -2.32. The summed E-state index contributed by atoms with van der Waals surface area (Å²) in [5, 5.41) is 9.49. The molecule has 0 radical (unpaired) electrons. The van der Waals surface area contributed by atoms with Crippen molar-refractivity contribution in [3.63, 3.8) is 0 Å². The fraction of sp³-hybridized carbons (Fsp3) is 0.417. The van der Waals surface area contributed by atoms with Gasteiger partial charge in [-0.05, 0) is 24.6 Å². The molecule has 2 rings (SSSR count). The SMILES string of the molecule is O=C1OCC(CCO)CN1c1cccc(Cl)c1. The fourth-order valence-corrected chi connectivity index (χ4v) is 2.05. The summed E-state index contributed by atoms with van der Waals surface area (Å²) in [6.07, 6.45) is 0.270. The summed E-state index contributed by atoms with van der Waals surface area (Å²) >= 11 is 5.89. The van der Waals surface area contributed by atoms with Gasteiger partial charge in [0.2, 0.25) is 0 Å². The highest BCUT2D eigenvalue weighted by molar-refractivity contribution is 6.30. The van der Waals surface area contributed by atoms with Crippen LogP contribution in [0.1, 0.15) is 6.42 Å². The number of ether oxygens (including phenoxy) is 1. The summed E-state index contributed by atoms with van der Waals surface area (Å²) in [6, 6.07) is 7.09. The molecule has 1 amide bonds. The molecule has 1 unspecified atom stereocenters. The summed E-state index contributed by atoms with van der Waals surface area (Å²) in [4.78, 5) is 13.2. The summed E-state index contributed by atoms with van der Waals surface area (Å²) in [7, 11) is 0. The predicted molar refractivity (Wildman–Crippen MR) is 65.3 cm³/mol. The average Bonchev–Trinajstić information content (AvgIpc) is 2.32. The Morgan fingerprint density at radius 1 is 1.53 bits per heavy atom. The quantitative estimate of drug-likeness (QED) is 0.902. The molecule has 1 aliphatic heterocycles. The van der Waals surface area contributed by atoms with Gasteiger partial charge in [-0.1, -0.05) is 17.7 Å². The number of carbonyl (C=O) groups excluding carboxylic acids is 1. The van der Waals surface area contributed by atoms with Gasteiger partial charge < -0.3 is 9.84 Å². The van der Waals surface area contributed by atoms with E-state index >= 15 is 0 Å². The maximum absolute atomic E-state index is 11.7. The molecule has 1 N–H and O–H groups in total. The average molecular weight is 256 g/mol. The first-order valence-electron chi connectivity index (χ1n) is 5.51. The Kier molecular flexibility index (Phi) is 3.86. The topological polar surface area (TPSA) is 49.8 Å². The van der Waals surface area contributed by atoms with Crippen molar-refractivity contribution in [3.8, 4) is 0 Å². The number of cyclic esters (lactones) is 1. The van der Waals surface area contributed by atoms with Crippen molar-refractivity contribution >= 4 is 23.4 Å². The van der Waals surface area contributed by atoms with Gasteiger partial charge in [-0.25, -0.2) is 4.79 Å². The van der Waals surface area contributed by atoms with Crippen LogP contribution in [0, 0.1) is 5.92 Å². The van der Waals surface area contributed by atoms with Crippen LogP contribution >= 0.6 is 11.6 Å². The molecular formula is C12H14ClNO3. The lowest BCUT2D eigenvalue weighted by atomic mass is 10.1. The van der Waals surface area contributed by atoms with Crippen LogP contribution in [0.25, 0.3) is 0 Å². The normalized spacial score (nSPS) is 20.2. The molecule has 1 fully saturated rings. The van der Waals surface area contributed by atoms with Crippen LogP contribution in [0.4, 0.5) is 10.5 Å². The zero-order valence-electron chi connectivity index (χ0n) is 9.30. The minimum absolute atomic E-state index is 0.103. The number of carbonyl (C=O) groups is 1. The highest BCUT2D eigenvalue weighted by Crippen LogP contribution is 2.24. The second-order valence-corrected chi connectivity index (χ2v) is 4.48. The van der Waals surface area contributed by atoms with Gasteiger partial charge in [0, 0.05) is 29.8 Å². The van der Waals surface area contributed by atoms with Crippen molar-refractivity contribution in [1.82, 2.24) is 0 Å². The Bertz CT molecular complexity index is 410. The molecule has 1 aromatic carbocycles. The van der Waals surface area contributed by atoms with E-state index in [1.807, 2.05) is 6.07 Å². The Hall–Kier alpha value is -1.26. The number of halogens is 1. The monoisotopic (exact) mass is 255 g/mol. The van der Waals surface area contributed by atoms with Crippen molar-refractivity contribution in [2.24, 2.45) is 5.92 Å². The van der Waals surface area contributed by atoms with Crippen LogP contribution < -0.4 is 4.90 Å². The van der Waals surface area contributed by atoms with Gasteiger partial charge in [0.05, 0.1) is 6.61 Å². The van der Waals surface area contributed by atoms with E-state index in [4.69, 9.17) is 21.4 Å². The highest BCUT2D eigenvalue weighted by Gasteiger charge is 2.27. The molecule has 4 nitrogen and oxygen atoms in total. The van der Waals surface area contributed by atoms with Crippen LogP contribution in [0.2, 0.25) is 5.02 Å².